The predicted octanol–water partition coefficient (Wildman–Crippen LogP) is 3.26. The molecule has 7 nitrogen and oxygen atoms in total. The number of anilines is 1. The molecule has 0 radical (unpaired) electrons. The first kappa shape index (κ1) is 24.9. The molecule has 1 N–H and O–H groups in total. The summed E-state index contributed by atoms with van der Waals surface area (Å²) in [6.07, 6.45) is -17.3. The van der Waals surface area contributed by atoms with E-state index >= 15 is 0 Å². The summed E-state index contributed by atoms with van der Waals surface area (Å²) in [5, 5.41) is 9.09. The van der Waals surface area contributed by atoms with Crippen LogP contribution in [-0.4, -0.2) is 84.7 Å². The Kier molecular flexibility index (Phi) is 7.01. The second-order valence-corrected chi connectivity index (χ2v) is 8.18. The number of hydrogen-bond acceptors (Lipinski definition) is 5. The van der Waals surface area contributed by atoms with Crippen molar-refractivity contribution in [3.63, 3.8) is 0 Å². The fraction of sp³-hybridized carbons (Fsp3) is 0.600. The summed E-state index contributed by atoms with van der Waals surface area (Å²) < 4.78 is 79.5. The highest BCUT2D eigenvalue weighted by Crippen LogP contribution is 2.36. The van der Waals surface area contributed by atoms with Crippen molar-refractivity contribution in [2.24, 2.45) is 5.92 Å². The van der Waals surface area contributed by atoms with E-state index in [0.717, 1.165) is 21.7 Å². The molecule has 0 saturated carbocycles. The second kappa shape index (κ2) is 9.27. The van der Waals surface area contributed by atoms with E-state index in [-0.39, 0.29) is 26.2 Å². The number of carboxylic acid groups (broad SMARTS) is 1. The Bertz CT molecular complexity index is 864. The van der Waals surface area contributed by atoms with Gasteiger partial charge in [0.15, 0.2) is 0 Å². The number of amides is 1. The van der Waals surface area contributed by atoms with Crippen LogP contribution in [0.3, 0.4) is 0 Å². The number of alkyl halides is 6. The number of carbonyl (C=O) groups excluding carboxylic acids is 1. The van der Waals surface area contributed by atoms with Crippen LogP contribution in [0.25, 0.3) is 0 Å². The SMILES string of the molecule is Cc1ccc(CN2CCN(C(=O)OC(C(F)(F)F)C(F)(F)F)CC2)c(N2CC(C(=O)O)C2)c1. The maximum Gasteiger partial charge on any atom is 0.434 e. The van der Waals surface area contributed by atoms with Crippen molar-refractivity contribution >= 4 is 17.7 Å². The number of aliphatic carboxylic acids is 1. The molecule has 0 bridgehead atoms. The predicted molar refractivity (Wildman–Crippen MR) is 104 cm³/mol. The number of hydrogen-bond donors (Lipinski definition) is 1. The molecule has 13 heteroatoms. The molecule has 33 heavy (non-hydrogen) atoms. The van der Waals surface area contributed by atoms with Crippen molar-refractivity contribution in [2.75, 3.05) is 44.2 Å². The van der Waals surface area contributed by atoms with Crippen molar-refractivity contribution in [2.45, 2.75) is 31.9 Å². The average molecular weight is 483 g/mol. The molecule has 2 aliphatic heterocycles. The van der Waals surface area contributed by atoms with Gasteiger partial charge in [-0.05, 0) is 24.1 Å². The van der Waals surface area contributed by atoms with Gasteiger partial charge in [0, 0.05) is 51.5 Å². The minimum atomic E-state index is -5.76. The maximum atomic E-state index is 12.6. The summed E-state index contributed by atoms with van der Waals surface area (Å²) in [6, 6.07) is 5.74. The fourth-order valence-corrected chi connectivity index (χ4v) is 3.76. The van der Waals surface area contributed by atoms with Crippen LogP contribution < -0.4 is 4.90 Å². The van der Waals surface area contributed by atoms with Crippen molar-refractivity contribution in [1.29, 1.82) is 0 Å². The molecule has 2 fully saturated rings. The van der Waals surface area contributed by atoms with Gasteiger partial charge in [-0.3, -0.25) is 9.69 Å². The number of halogens is 6. The Hall–Kier alpha value is -2.70. The minimum Gasteiger partial charge on any atom is -0.481 e. The summed E-state index contributed by atoms with van der Waals surface area (Å²) in [7, 11) is 0. The number of rotatable bonds is 5. The largest absolute Gasteiger partial charge is 0.481 e. The Morgan fingerprint density at radius 2 is 1.64 bits per heavy atom. The lowest BCUT2D eigenvalue weighted by Gasteiger charge is -2.41. The van der Waals surface area contributed by atoms with Gasteiger partial charge in [-0.1, -0.05) is 12.1 Å². The van der Waals surface area contributed by atoms with Gasteiger partial charge in [0.25, 0.3) is 6.10 Å². The number of nitrogens with zero attached hydrogens (tertiary/aromatic N) is 3. The summed E-state index contributed by atoms with van der Waals surface area (Å²) in [5.74, 6) is -1.30. The van der Waals surface area contributed by atoms with E-state index in [9.17, 15) is 35.9 Å². The maximum absolute atomic E-state index is 12.6. The standard InChI is InChI=1S/C20H23F6N3O4/c1-12-2-3-13(15(8-12)29-10-14(11-29)16(30)31)9-27-4-6-28(7-5-27)18(32)33-17(19(21,22)23)20(24,25)26/h2-3,8,14,17H,4-7,9-11H2,1H3,(H,30,31). The van der Waals surface area contributed by atoms with E-state index in [1.165, 1.54) is 0 Å². The molecule has 2 heterocycles. The summed E-state index contributed by atoms with van der Waals surface area (Å²) in [4.78, 5) is 27.7. The second-order valence-electron chi connectivity index (χ2n) is 8.18. The number of carbonyl (C=O) groups is 2. The van der Waals surface area contributed by atoms with Gasteiger partial charge in [-0.15, -0.1) is 0 Å². The zero-order valence-electron chi connectivity index (χ0n) is 17.6. The van der Waals surface area contributed by atoms with Crippen molar-refractivity contribution in [1.82, 2.24) is 9.80 Å². The summed E-state index contributed by atoms with van der Waals surface area (Å²) in [5.41, 5.74) is 2.78. The molecule has 184 valence electrons. The van der Waals surface area contributed by atoms with Gasteiger partial charge in [0.1, 0.15) is 0 Å². The Balaban J connectivity index is 1.58. The van der Waals surface area contributed by atoms with E-state index < -0.39 is 36.4 Å². The van der Waals surface area contributed by atoms with Crippen LogP contribution in [0, 0.1) is 12.8 Å². The van der Waals surface area contributed by atoms with Gasteiger partial charge >= 0.3 is 24.4 Å². The smallest absolute Gasteiger partial charge is 0.434 e. The van der Waals surface area contributed by atoms with E-state index in [1.807, 2.05) is 34.9 Å². The molecule has 0 aromatic heterocycles. The lowest BCUT2D eigenvalue weighted by Crippen LogP contribution is -2.53. The van der Waals surface area contributed by atoms with E-state index in [1.54, 1.807) is 0 Å². The first-order chi connectivity index (χ1) is 15.3. The highest BCUT2D eigenvalue weighted by molar-refractivity contribution is 5.75. The Labute approximate surface area is 185 Å². The Morgan fingerprint density at radius 3 is 2.15 bits per heavy atom. The van der Waals surface area contributed by atoms with E-state index in [4.69, 9.17) is 5.11 Å². The van der Waals surface area contributed by atoms with Gasteiger partial charge in [0.2, 0.25) is 0 Å². The first-order valence-electron chi connectivity index (χ1n) is 10.1. The first-order valence-corrected chi connectivity index (χ1v) is 10.1. The third kappa shape index (κ3) is 6.01. The third-order valence-corrected chi connectivity index (χ3v) is 5.65. The molecule has 1 aromatic rings. The van der Waals surface area contributed by atoms with Gasteiger partial charge in [0.05, 0.1) is 5.92 Å². The number of carboxylic acids is 1. The van der Waals surface area contributed by atoms with Crippen molar-refractivity contribution in [3.05, 3.63) is 29.3 Å². The van der Waals surface area contributed by atoms with Crippen LogP contribution in [0.5, 0.6) is 0 Å². The highest BCUT2D eigenvalue weighted by Gasteiger charge is 2.60. The van der Waals surface area contributed by atoms with E-state index in [0.29, 0.717) is 19.6 Å². The molecule has 0 atom stereocenters. The van der Waals surface area contributed by atoms with Crippen LogP contribution in [0.4, 0.5) is 36.8 Å². The fourth-order valence-electron chi connectivity index (χ4n) is 3.76. The number of piperazine rings is 1. The highest BCUT2D eigenvalue weighted by atomic mass is 19.4. The van der Waals surface area contributed by atoms with Crippen LogP contribution in [0.15, 0.2) is 18.2 Å². The lowest BCUT2D eigenvalue weighted by molar-refractivity contribution is -0.308. The average Bonchev–Trinajstić information content (AvgIpc) is 2.65. The molecule has 1 aromatic carbocycles. The van der Waals surface area contributed by atoms with Crippen molar-refractivity contribution < 1.29 is 45.8 Å². The molecule has 3 rings (SSSR count). The van der Waals surface area contributed by atoms with Gasteiger partial charge in [-0.2, -0.15) is 26.3 Å². The van der Waals surface area contributed by atoms with Crippen LogP contribution >= 0.6 is 0 Å². The third-order valence-electron chi connectivity index (χ3n) is 5.65. The zero-order chi connectivity index (χ0) is 24.6. The lowest BCUT2D eigenvalue weighted by atomic mass is 9.97. The number of ether oxygens (including phenoxy) is 1. The molecular weight excluding hydrogens is 460 g/mol. The molecular formula is C20H23F6N3O4. The quantitative estimate of drug-likeness (QED) is 0.649. The van der Waals surface area contributed by atoms with Crippen molar-refractivity contribution in [3.8, 4) is 0 Å². The number of aryl methyl sites for hydroxylation is 1. The topological polar surface area (TPSA) is 73.3 Å². The molecule has 2 aliphatic rings. The number of benzene rings is 1. The molecule has 0 spiro atoms. The van der Waals surface area contributed by atoms with Crippen LogP contribution in [0.2, 0.25) is 0 Å². The monoisotopic (exact) mass is 483 g/mol. The molecule has 0 unspecified atom stereocenters. The summed E-state index contributed by atoms with van der Waals surface area (Å²) >= 11 is 0. The molecule has 2 saturated heterocycles. The Morgan fingerprint density at radius 1 is 1.06 bits per heavy atom. The minimum absolute atomic E-state index is 0.0900. The molecule has 1 amide bonds. The zero-order valence-corrected chi connectivity index (χ0v) is 17.6. The normalized spacial score (nSPS) is 18.4. The van der Waals surface area contributed by atoms with Crippen LogP contribution in [-0.2, 0) is 16.1 Å². The van der Waals surface area contributed by atoms with Gasteiger partial charge in [-0.25, -0.2) is 4.79 Å². The van der Waals surface area contributed by atoms with Gasteiger partial charge < -0.3 is 19.6 Å². The molecule has 0 aliphatic carbocycles. The van der Waals surface area contributed by atoms with Crippen LogP contribution in [0.1, 0.15) is 11.1 Å². The van der Waals surface area contributed by atoms with E-state index in [2.05, 4.69) is 4.74 Å². The summed E-state index contributed by atoms with van der Waals surface area (Å²) in [6.45, 7) is 3.37.